The van der Waals surface area contributed by atoms with Crippen LogP contribution in [-0.4, -0.2) is 40.4 Å². The first kappa shape index (κ1) is 27.3. The molecule has 1 amide bonds. The molecule has 10 nitrogen and oxygen atoms in total. The number of carbonyl (C=O) groups excluding carboxylic acids is 2. The fraction of sp³-hybridized carbons (Fsp3) is 0.206. The van der Waals surface area contributed by atoms with E-state index >= 15 is 0 Å². The summed E-state index contributed by atoms with van der Waals surface area (Å²) in [6.45, 7) is 0. The number of nitrogens with zero attached hydrogens (tertiary/aromatic N) is 3. The molecule has 1 saturated carbocycles. The Bertz CT molecular complexity index is 2000. The van der Waals surface area contributed by atoms with E-state index in [-0.39, 0.29) is 22.6 Å². The Morgan fingerprint density at radius 1 is 0.886 bits per heavy atom. The Labute approximate surface area is 252 Å². The van der Waals surface area contributed by atoms with Gasteiger partial charge in [0.1, 0.15) is 22.9 Å². The van der Waals surface area contributed by atoms with Crippen molar-refractivity contribution in [3.05, 3.63) is 106 Å². The number of carbonyl (C=O) groups is 2. The predicted octanol–water partition coefficient (Wildman–Crippen LogP) is 5.75. The maximum absolute atomic E-state index is 13.8. The second-order valence-electron chi connectivity index (χ2n) is 11.1. The molecular formula is C34H28N4O6. The van der Waals surface area contributed by atoms with Gasteiger partial charge in [0.05, 0.1) is 25.9 Å². The first-order chi connectivity index (χ1) is 21.4. The highest BCUT2D eigenvalue weighted by molar-refractivity contribution is 6.06. The molecule has 2 aliphatic rings. The number of hydrogen-bond donors (Lipinski definition) is 1. The van der Waals surface area contributed by atoms with Crippen LogP contribution in [-0.2, 0) is 6.42 Å². The van der Waals surface area contributed by atoms with Crippen molar-refractivity contribution in [2.45, 2.75) is 25.7 Å². The number of hydrogen-bond acceptors (Lipinski definition) is 8. The molecule has 3 aromatic heterocycles. The van der Waals surface area contributed by atoms with Gasteiger partial charge in [0.15, 0.2) is 17.3 Å². The molecule has 1 spiro atoms. The van der Waals surface area contributed by atoms with Crippen LogP contribution in [0.5, 0.6) is 23.0 Å². The van der Waals surface area contributed by atoms with Gasteiger partial charge in [-0.25, -0.2) is 4.98 Å². The van der Waals surface area contributed by atoms with E-state index in [0.717, 1.165) is 12.8 Å². The fourth-order valence-corrected chi connectivity index (χ4v) is 5.83. The molecule has 44 heavy (non-hydrogen) atoms. The Morgan fingerprint density at radius 2 is 1.66 bits per heavy atom. The summed E-state index contributed by atoms with van der Waals surface area (Å²) in [5.41, 5.74) is 1.71. The maximum atomic E-state index is 13.8. The Kier molecular flexibility index (Phi) is 6.61. The highest BCUT2D eigenvalue weighted by Gasteiger charge is 2.49. The van der Waals surface area contributed by atoms with Crippen molar-refractivity contribution in [2.75, 3.05) is 19.5 Å². The van der Waals surface area contributed by atoms with E-state index in [1.165, 1.54) is 16.8 Å². The summed E-state index contributed by atoms with van der Waals surface area (Å²) < 4.78 is 18.4. The minimum Gasteiger partial charge on any atom is -0.493 e. The van der Waals surface area contributed by atoms with Crippen LogP contribution in [0.3, 0.4) is 0 Å². The molecule has 220 valence electrons. The summed E-state index contributed by atoms with van der Waals surface area (Å²) in [6.07, 6.45) is 6.10. The van der Waals surface area contributed by atoms with E-state index in [1.807, 2.05) is 18.2 Å². The van der Waals surface area contributed by atoms with Crippen LogP contribution in [0.2, 0.25) is 0 Å². The van der Waals surface area contributed by atoms with Crippen LogP contribution < -0.4 is 25.1 Å². The van der Waals surface area contributed by atoms with Gasteiger partial charge >= 0.3 is 0 Å². The molecule has 0 radical (unpaired) electrons. The van der Waals surface area contributed by atoms with Crippen molar-refractivity contribution >= 4 is 28.4 Å². The Balaban J connectivity index is 1.17. The molecule has 0 atom stereocenters. The highest BCUT2D eigenvalue weighted by Crippen LogP contribution is 2.54. The molecule has 2 aliphatic carbocycles. The molecule has 0 saturated heterocycles. The third-order valence-electron chi connectivity index (χ3n) is 8.31. The normalized spacial score (nSPS) is 14.6. The average Bonchev–Trinajstić information content (AvgIpc) is 3.79. The van der Waals surface area contributed by atoms with E-state index < -0.39 is 11.5 Å². The van der Waals surface area contributed by atoms with Crippen LogP contribution >= 0.6 is 0 Å². The van der Waals surface area contributed by atoms with Gasteiger partial charge in [0.25, 0.3) is 11.5 Å². The van der Waals surface area contributed by atoms with Crippen molar-refractivity contribution in [3.63, 3.8) is 0 Å². The summed E-state index contributed by atoms with van der Waals surface area (Å²) >= 11 is 0. The number of pyridine rings is 3. The number of Topliss-reactive ketones (excluding diaryl/α,β-unsaturated/α-hetero) is 1. The molecule has 0 bridgehead atoms. The Hall–Kier alpha value is -5.51. The topological polar surface area (TPSA) is 122 Å². The van der Waals surface area contributed by atoms with Gasteiger partial charge in [-0.15, -0.1) is 0 Å². The molecule has 0 aliphatic heterocycles. The number of amides is 1. The van der Waals surface area contributed by atoms with Crippen molar-refractivity contribution in [2.24, 2.45) is 5.41 Å². The first-order valence-electron chi connectivity index (χ1n) is 14.2. The van der Waals surface area contributed by atoms with Crippen LogP contribution in [0.15, 0.2) is 83.9 Å². The summed E-state index contributed by atoms with van der Waals surface area (Å²) in [5, 5.41) is 3.42. The number of benzene rings is 2. The number of para-hydroxylation sites is 1. The van der Waals surface area contributed by atoms with E-state index in [0.29, 0.717) is 63.7 Å². The molecule has 10 heteroatoms. The van der Waals surface area contributed by atoms with Gasteiger partial charge in [-0.1, -0.05) is 18.2 Å². The second kappa shape index (κ2) is 10.6. The van der Waals surface area contributed by atoms with E-state index in [1.54, 1.807) is 62.9 Å². The van der Waals surface area contributed by atoms with Gasteiger partial charge in [0.2, 0.25) is 0 Å². The minimum absolute atomic E-state index is 0.0400. The largest absolute Gasteiger partial charge is 0.493 e. The monoisotopic (exact) mass is 588 g/mol. The predicted molar refractivity (Wildman–Crippen MR) is 163 cm³/mol. The molecule has 0 unspecified atom stereocenters. The van der Waals surface area contributed by atoms with E-state index in [2.05, 4.69) is 15.3 Å². The van der Waals surface area contributed by atoms with Crippen molar-refractivity contribution in [1.29, 1.82) is 0 Å². The molecular weight excluding hydrogens is 560 g/mol. The lowest BCUT2D eigenvalue weighted by Crippen LogP contribution is -2.35. The highest BCUT2D eigenvalue weighted by atomic mass is 16.5. The number of aromatic nitrogens is 3. The SMILES string of the molecule is COc1cc2nccc(Oc3ccc(NC(=O)c4cc5c(n(-c6ccccc6)c4=O)CC4(CC4)CC5=O)nc3)c2cc1OC. The fourth-order valence-electron chi connectivity index (χ4n) is 5.83. The zero-order valence-corrected chi connectivity index (χ0v) is 24.1. The molecule has 7 rings (SSSR count). The molecule has 1 fully saturated rings. The molecule has 5 aromatic rings. The van der Waals surface area contributed by atoms with Crippen molar-refractivity contribution in [3.8, 4) is 28.7 Å². The number of anilines is 1. The zero-order chi connectivity index (χ0) is 30.4. The summed E-state index contributed by atoms with van der Waals surface area (Å²) in [4.78, 5) is 49.2. The van der Waals surface area contributed by atoms with Gasteiger partial charge < -0.3 is 19.5 Å². The standard InChI is InChI=1S/C34H28N4O6/c1-42-29-15-22-25(16-30(29)43-2)35-13-10-28(22)44-21-8-9-31(36-19-21)37-32(40)24-14-23-26(17-34(11-12-34)18-27(23)39)38(33(24)41)20-6-4-3-5-7-20/h3-10,13-16,19H,11-12,17-18H2,1-2H3,(H,36,37,40). The maximum Gasteiger partial charge on any atom is 0.268 e. The molecule has 3 heterocycles. The summed E-state index contributed by atoms with van der Waals surface area (Å²) in [7, 11) is 3.11. The number of rotatable bonds is 7. The number of methoxy groups -OCH3 is 2. The third-order valence-corrected chi connectivity index (χ3v) is 8.31. The first-order valence-corrected chi connectivity index (χ1v) is 14.2. The number of fused-ring (bicyclic) bond motifs is 2. The van der Waals surface area contributed by atoms with Gasteiger partial charge in [-0.3, -0.25) is 23.9 Å². The lowest BCUT2D eigenvalue weighted by Gasteiger charge is -2.27. The lowest BCUT2D eigenvalue weighted by atomic mass is 9.82. The lowest BCUT2D eigenvalue weighted by molar-refractivity contribution is 0.0938. The smallest absolute Gasteiger partial charge is 0.268 e. The van der Waals surface area contributed by atoms with Gasteiger partial charge in [0, 0.05) is 41.0 Å². The summed E-state index contributed by atoms with van der Waals surface area (Å²) in [6, 6.07) is 19.1. The number of ketones is 1. The average molecular weight is 589 g/mol. The second-order valence-corrected chi connectivity index (χ2v) is 11.1. The van der Waals surface area contributed by atoms with E-state index in [4.69, 9.17) is 14.2 Å². The van der Waals surface area contributed by atoms with Crippen LogP contribution in [0, 0.1) is 5.41 Å². The molecule has 2 aromatic carbocycles. The quantitative estimate of drug-likeness (QED) is 0.255. The van der Waals surface area contributed by atoms with Crippen LogP contribution in [0.4, 0.5) is 5.82 Å². The minimum atomic E-state index is -0.649. The van der Waals surface area contributed by atoms with Crippen LogP contribution in [0.25, 0.3) is 16.6 Å². The zero-order valence-electron chi connectivity index (χ0n) is 24.1. The van der Waals surface area contributed by atoms with Crippen LogP contribution in [0.1, 0.15) is 45.7 Å². The Morgan fingerprint density at radius 3 is 2.36 bits per heavy atom. The van der Waals surface area contributed by atoms with Crippen molar-refractivity contribution in [1.82, 2.24) is 14.5 Å². The van der Waals surface area contributed by atoms with Gasteiger partial charge in [-0.05, 0) is 67.1 Å². The number of ether oxygens (including phenoxy) is 3. The number of nitrogens with one attached hydrogen (secondary N) is 1. The van der Waals surface area contributed by atoms with Gasteiger partial charge in [-0.2, -0.15) is 0 Å². The van der Waals surface area contributed by atoms with Crippen molar-refractivity contribution < 1.29 is 23.8 Å². The van der Waals surface area contributed by atoms with E-state index in [9.17, 15) is 14.4 Å². The third kappa shape index (κ3) is 4.84. The molecule has 1 N–H and O–H groups in total. The summed E-state index contributed by atoms with van der Waals surface area (Å²) in [5.74, 6) is 1.58.